The number of nitrogen functional groups attached to an aromatic ring is 1. The minimum absolute atomic E-state index is 0.114. The van der Waals surface area contributed by atoms with E-state index in [1.54, 1.807) is 13.2 Å². The molecule has 1 rings (SSSR count). The van der Waals surface area contributed by atoms with E-state index in [9.17, 15) is 4.79 Å². The molecule has 1 heterocycles. The van der Waals surface area contributed by atoms with Crippen molar-refractivity contribution in [1.82, 2.24) is 9.88 Å². The van der Waals surface area contributed by atoms with Gasteiger partial charge in [-0.05, 0) is 22.0 Å². The number of rotatable bonds is 6. The second kappa shape index (κ2) is 7.30. The third-order valence-corrected chi connectivity index (χ3v) is 2.77. The number of methoxy groups -OCH3 is 1. The lowest BCUT2D eigenvalue weighted by atomic mass is 10.2. The van der Waals surface area contributed by atoms with Crippen LogP contribution in [0, 0.1) is 0 Å². The number of carbonyl (C=O) groups is 1. The van der Waals surface area contributed by atoms with Gasteiger partial charge < -0.3 is 20.5 Å². The first-order valence-electron chi connectivity index (χ1n) is 5.40. The Balaban J connectivity index is 2.90. The summed E-state index contributed by atoms with van der Waals surface area (Å²) in [4.78, 5) is 17.6. The quantitative estimate of drug-likeness (QED) is 0.798. The molecule has 1 amide bonds. The number of pyridine rings is 1. The van der Waals surface area contributed by atoms with Crippen LogP contribution in [0.4, 0.5) is 5.82 Å². The zero-order valence-electron chi connectivity index (χ0n) is 10.1. The van der Waals surface area contributed by atoms with Crippen LogP contribution >= 0.6 is 15.9 Å². The molecule has 0 saturated heterocycles. The third kappa shape index (κ3) is 3.94. The van der Waals surface area contributed by atoms with E-state index in [-0.39, 0.29) is 24.9 Å². The molecular weight excluding hydrogens is 302 g/mol. The highest BCUT2D eigenvalue weighted by Crippen LogP contribution is 2.17. The molecule has 3 N–H and O–H groups in total. The van der Waals surface area contributed by atoms with E-state index < -0.39 is 0 Å². The molecular formula is C11H16BrN3O3. The number of carbonyl (C=O) groups excluding carboxylic acids is 1. The van der Waals surface area contributed by atoms with E-state index in [1.165, 1.54) is 11.1 Å². The van der Waals surface area contributed by atoms with Gasteiger partial charge >= 0.3 is 0 Å². The number of aliphatic hydroxyl groups excluding tert-OH is 1. The fourth-order valence-corrected chi connectivity index (χ4v) is 1.76. The van der Waals surface area contributed by atoms with E-state index in [1.807, 2.05) is 0 Å². The van der Waals surface area contributed by atoms with Gasteiger partial charge in [0.25, 0.3) is 5.91 Å². The zero-order valence-corrected chi connectivity index (χ0v) is 11.7. The molecule has 7 heteroatoms. The monoisotopic (exact) mass is 317 g/mol. The third-order valence-electron chi connectivity index (χ3n) is 2.34. The van der Waals surface area contributed by atoms with Crippen molar-refractivity contribution in [3.05, 3.63) is 22.3 Å². The van der Waals surface area contributed by atoms with Crippen molar-refractivity contribution in [1.29, 1.82) is 0 Å². The number of hydrogen-bond acceptors (Lipinski definition) is 5. The largest absolute Gasteiger partial charge is 0.395 e. The summed E-state index contributed by atoms with van der Waals surface area (Å²) < 4.78 is 5.60. The van der Waals surface area contributed by atoms with Gasteiger partial charge in [0.15, 0.2) is 0 Å². The smallest absolute Gasteiger partial charge is 0.257 e. The highest BCUT2D eigenvalue weighted by Gasteiger charge is 2.18. The number of aliphatic hydroxyl groups is 1. The van der Waals surface area contributed by atoms with Gasteiger partial charge in [-0.25, -0.2) is 4.98 Å². The number of ether oxygens (including phenoxy) is 1. The van der Waals surface area contributed by atoms with Gasteiger partial charge in [0.05, 0.1) is 18.8 Å². The van der Waals surface area contributed by atoms with Gasteiger partial charge in [-0.15, -0.1) is 0 Å². The number of nitrogens with two attached hydrogens (primary N) is 1. The molecule has 0 spiro atoms. The summed E-state index contributed by atoms with van der Waals surface area (Å²) in [5.41, 5.74) is 5.99. The highest BCUT2D eigenvalue weighted by atomic mass is 79.9. The summed E-state index contributed by atoms with van der Waals surface area (Å²) in [5, 5.41) is 8.96. The van der Waals surface area contributed by atoms with Crippen molar-refractivity contribution in [3.63, 3.8) is 0 Å². The Bertz CT molecular complexity index is 415. The molecule has 0 aliphatic carbocycles. The number of hydrogen-bond donors (Lipinski definition) is 2. The fourth-order valence-electron chi connectivity index (χ4n) is 1.43. The number of nitrogens with zero attached hydrogens (tertiary/aromatic N) is 2. The van der Waals surface area contributed by atoms with E-state index in [4.69, 9.17) is 15.6 Å². The second-order valence-corrected chi connectivity index (χ2v) is 4.51. The molecule has 0 atom stereocenters. The van der Waals surface area contributed by atoms with Crippen LogP contribution < -0.4 is 5.73 Å². The van der Waals surface area contributed by atoms with Crippen molar-refractivity contribution < 1.29 is 14.6 Å². The number of amides is 1. The molecule has 18 heavy (non-hydrogen) atoms. The van der Waals surface area contributed by atoms with Gasteiger partial charge in [0, 0.05) is 30.9 Å². The summed E-state index contributed by atoms with van der Waals surface area (Å²) in [6, 6.07) is 1.61. The van der Waals surface area contributed by atoms with E-state index in [0.717, 1.165) is 0 Å². The van der Waals surface area contributed by atoms with Crippen LogP contribution in [0.5, 0.6) is 0 Å². The maximum atomic E-state index is 12.2. The first-order valence-corrected chi connectivity index (χ1v) is 6.19. The Morgan fingerprint density at radius 1 is 1.61 bits per heavy atom. The lowest BCUT2D eigenvalue weighted by molar-refractivity contribution is 0.0657. The zero-order chi connectivity index (χ0) is 13.5. The Hall–Kier alpha value is -1.18. The van der Waals surface area contributed by atoms with Crippen LogP contribution in [0.1, 0.15) is 10.4 Å². The Morgan fingerprint density at radius 3 is 2.94 bits per heavy atom. The summed E-state index contributed by atoms with van der Waals surface area (Å²) >= 11 is 3.24. The molecule has 0 aliphatic heterocycles. The van der Waals surface area contributed by atoms with Crippen molar-refractivity contribution in [2.24, 2.45) is 0 Å². The predicted octanol–water partition coefficient (Wildman–Crippen LogP) is 0.507. The van der Waals surface area contributed by atoms with E-state index in [0.29, 0.717) is 23.2 Å². The van der Waals surface area contributed by atoms with Crippen LogP contribution in [0.2, 0.25) is 0 Å². The molecule has 0 unspecified atom stereocenters. The molecule has 1 aromatic rings. The topological polar surface area (TPSA) is 88.7 Å². The SMILES string of the molecule is COCCN(CCO)C(=O)c1cc(Br)cnc1N. The van der Waals surface area contributed by atoms with Crippen molar-refractivity contribution in [2.45, 2.75) is 0 Å². The van der Waals surface area contributed by atoms with Gasteiger partial charge in [-0.3, -0.25) is 4.79 Å². The second-order valence-electron chi connectivity index (χ2n) is 3.59. The Morgan fingerprint density at radius 2 is 2.33 bits per heavy atom. The standard InChI is InChI=1S/C11H16BrN3O3/c1-18-5-3-15(2-4-16)11(17)9-6-8(12)7-14-10(9)13/h6-7,16H,2-5H2,1H3,(H2,13,14). The van der Waals surface area contributed by atoms with E-state index >= 15 is 0 Å². The van der Waals surface area contributed by atoms with Crippen LogP contribution in [-0.4, -0.2) is 54.3 Å². The molecule has 0 aromatic carbocycles. The van der Waals surface area contributed by atoms with Crippen molar-refractivity contribution >= 4 is 27.7 Å². The van der Waals surface area contributed by atoms with E-state index in [2.05, 4.69) is 20.9 Å². The summed E-state index contributed by atoms with van der Waals surface area (Å²) in [6.45, 7) is 0.903. The lowest BCUT2D eigenvalue weighted by Crippen LogP contribution is -2.36. The Labute approximate surface area is 114 Å². The minimum Gasteiger partial charge on any atom is -0.395 e. The summed E-state index contributed by atoms with van der Waals surface area (Å²) in [7, 11) is 1.55. The van der Waals surface area contributed by atoms with Crippen LogP contribution in [-0.2, 0) is 4.74 Å². The van der Waals surface area contributed by atoms with Crippen LogP contribution in [0.15, 0.2) is 16.7 Å². The van der Waals surface area contributed by atoms with Crippen LogP contribution in [0.25, 0.3) is 0 Å². The van der Waals surface area contributed by atoms with Gasteiger partial charge in [-0.1, -0.05) is 0 Å². The van der Waals surface area contributed by atoms with Crippen molar-refractivity contribution in [2.75, 3.05) is 39.1 Å². The molecule has 6 nitrogen and oxygen atoms in total. The van der Waals surface area contributed by atoms with Gasteiger partial charge in [0.2, 0.25) is 0 Å². The molecule has 0 bridgehead atoms. The van der Waals surface area contributed by atoms with Gasteiger partial charge in [-0.2, -0.15) is 0 Å². The van der Waals surface area contributed by atoms with Crippen LogP contribution in [0.3, 0.4) is 0 Å². The fraction of sp³-hybridized carbons (Fsp3) is 0.455. The molecule has 0 fully saturated rings. The molecule has 0 radical (unpaired) electrons. The van der Waals surface area contributed by atoms with Gasteiger partial charge in [0.1, 0.15) is 5.82 Å². The maximum Gasteiger partial charge on any atom is 0.257 e. The number of aromatic nitrogens is 1. The highest BCUT2D eigenvalue weighted by molar-refractivity contribution is 9.10. The average Bonchev–Trinajstić information content (AvgIpc) is 2.36. The summed E-state index contributed by atoms with van der Waals surface area (Å²) in [6.07, 6.45) is 1.53. The normalized spacial score (nSPS) is 10.4. The predicted molar refractivity (Wildman–Crippen MR) is 71.2 cm³/mol. The minimum atomic E-state index is -0.271. The lowest BCUT2D eigenvalue weighted by Gasteiger charge is -2.21. The molecule has 1 aromatic heterocycles. The maximum absolute atomic E-state index is 12.2. The first kappa shape index (κ1) is 14.9. The average molecular weight is 318 g/mol. The first-order chi connectivity index (χ1) is 8.60. The molecule has 0 aliphatic rings. The number of halogens is 1. The molecule has 0 saturated carbocycles. The summed E-state index contributed by atoms with van der Waals surface area (Å²) in [5.74, 6) is -0.101. The number of anilines is 1. The Kier molecular flexibility index (Phi) is 6.03. The van der Waals surface area contributed by atoms with Crippen molar-refractivity contribution in [3.8, 4) is 0 Å². The molecule has 100 valence electrons.